The summed E-state index contributed by atoms with van der Waals surface area (Å²) in [4.78, 5) is 0. The van der Waals surface area contributed by atoms with Crippen molar-refractivity contribution in [2.45, 2.75) is 130 Å². The minimum Gasteiger partial charge on any atom is -0.455 e. The van der Waals surface area contributed by atoms with Crippen LogP contribution in [-0.4, -0.2) is 16.6 Å². The van der Waals surface area contributed by atoms with Crippen LogP contribution < -0.4 is 0 Å². The van der Waals surface area contributed by atoms with Crippen molar-refractivity contribution < 1.29 is 4.12 Å². The summed E-state index contributed by atoms with van der Waals surface area (Å²) in [7, 11) is -3.04. The summed E-state index contributed by atoms with van der Waals surface area (Å²) < 4.78 is 6.90. The van der Waals surface area contributed by atoms with Crippen molar-refractivity contribution in [3.05, 3.63) is 0 Å². The third-order valence-corrected chi connectivity index (χ3v) is 13.1. The fourth-order valence-electron chi connectivity index (χ4n) is 4.55. The highest BCUT2D eigenvalue weighted by Crippen LogP contribution is 2.30. The molecule has 0 aliphatic carbocycles. The second-order valence-electron chi connectivity index (χ2n) is 9.94. The Morgan fingerprint density at radius 2 is 0.960 bits per heavy atom. The van der Waals surface area contributed by atoms with Gasteiger partial charge in [0.15, 0.2) is 16.6 Å². The van der Waals surface area contributed by atoms with Gasteiger partial charge in [-0.05, 0) is 50.1 Å². The summed E-state index contributed by atoms with van der Waals surface area (Å²) in [6.07, 6.45) is 13.9. The van der Waals surface area contributed by atoms with E-state index in [0.29, 0.717) is 0 Å². The smallest absolute Gasteiger partial charge is 0.173 e. The zero-order chi connectivity index (χ0) is 19.3. The fraction of sp³-hybridized carbons (Fsp3) is 1.00. The molecule has 0 fully saturated rings. The topological polar surface area (TPSA) is 9.23 Å². The SMILES string of the molecule is CCCCCCC(C)C[Si](C)(C)O[Si](C)(C)CC(C)CCCCCC. The molecule has 0 aliphatic rings. The van der Waals surface area contributed by atoms with E-state index in [1.165, 1.54) is 76.3 Å². The summed E-state index contributed by atoms with van der Waals surface area (Å²) in [5, 5.41) is 0. The second kappa shape index (κ2) is 13.5. The highest BCUT2D eigenvalue weighted by molar-refractivity contribution is 6.84. The van der Waals surface area contributed by atoms with Crippen molar-refractivity contribution in [2.75, 3.05) is 0 Å². The van der Waals surface area contributed by atoms with E-state index < -0.39 is 16.6 Å². The van der Waals surface area contributed by atoms with E-state index in [9.17, 15) is 0 Å². The summed E-state index contributed by atoms with van der Waals surface area (Å²) in [5.74, 6) is 1.68. The highest BCUT2D eigenvalue weighted by Gasteiger charge is 2.34. The van der Waals surface area contributed by atoms with Gasteiger partial charge in [-0.1, -0.05) is 91.9 Å². The van der Waals surface area contributed by atoms with Crippen molar-refractivity contribution in [3.63, 3.8) is 0 Å². The van der Waals surface area contributed by atoms with Gasteiger partial charge in [-0.25, -0.2) is 0 Å². The monoisotopic (exact) mass is 386 g/mol. The Balaban J connectivity index is 4.20. The van der Waals surface area contributed by atoms with Crippen LogP contribution in [0.1, 0.15) is 91.9 Å². The Hall–Kier alpha value is 0.394. The number of hydrogen-bond acceptors (Lipinski definition) is 1. The highest BCUT2D eigenvalue weighted by atomic mass is 28.4. The van der Waals surface area contributed by atoms with Gasteiger partial charge in [0.1, 0.15) is 0 Å². The molecule has 0 aromatic rings. The van der Waals surface area contributed by atoms with Crippen molar-refractivity contribution in [3.8, 4) is 0 Å². The molecule has 0 bridgehead atoms. The molecule has 0 aliphatic heterocycles. The van der Waals surface area contributed by atoms with Crippen LogP contribution in [0.25, 0.3) is 0 Å². The van der Waals surface area contributed by atoms with Gasteiger partial charge in [0.05, 0.1) is 0 Å². The van der Waals surface area contributed by atoms with Crippen LogP contribution in [0.3, 0.4) is 0 Å². The van der Waals surface area contributed by atoms with Crippen LogP contribution in [0.4, 0.5) is 0 Å². The van der Waals surface area contributed by atoms with Crippen LogP contribution in [-0.2, 0) is 4.12 Å². The molecule has 25 heavy (non-hydrogen) atoms. The van der Waals surface area contributed by atoms with Gasteiger partial charge in [-0.15, -0.1) is 0 Å². The molecule has 0 radical (unpaired) electrons. The standard InChI is InChI=1S/C22H50OSi2/c1-9-11-13-15-17-21(3)19-24(5,6)23-25(7,8)20-22(4)18-16-14-12-10-2/h21-22H,9-20H2,1-8H3. The quantitative estimate of drug-likeness (QED) is 0.190. The molecule has 152 valence electrons. The molecule has 0 amide bonds. The van der Waals surface area contributed by atoms with Crippen molar-refractivity contribution >= 4 is 16.6 Å². The summed E-state index contributed by atoms with van der Waals surface area (Å²) >= 11 is 0. The van der Waals surface area contributed by atoms with Gasteiger partial charge in [0.2, 0.25) is 0 Å². The molecule has 0 rings (SSSR count). The van der Waals surface area contributed by atoms with Crippen LogP contribution in [0.15, 0.2) is 0 Å². The Kier molecular flexibility index (Phi) is 13.8. The maximum absolute atomic E-state index is 6.90. The lowest BCUT2D eigenvalue weighted by Crippen LogP contribution is -2.45. The van der Waals surface area contributed by atoms with E-state index in [4.69, 9.17) is 4.12 Å². The molecule has 0 aromatic heterocycles. The molecule has 3 heteroatoms. The first-order valence-electron chi connectivity index (χ1n) is 11.3. The first-order chi connectivity index (χ1) is 11.6. The Labute approximate surface area is 163 Å². The normalized spacial score (nSPS) is 15.4. The fourth-order valence-corrected chi connectivity index (χ4v) is 15.0. The lowest BCUT2D eigenvalue weighted by Gasteiger charge is -2.37. The molecule has 0 aromatic carbocycles. The lowest BCUT2D eigenvalue weighted by molar-refractivity contribution is 0.458. The Morgan fingerprint density at radius 3 is 1.28 bits per heavy atom. The number of rotatable bonds is 16. The third kappa shape index (κ3) is 15.2. The molecule has 1 nitrogen and oxygen atoms in total. The number of hydrogen-bond donors (Lipinski definition) is 0. The van der Waals surface area contributed by atoms with E-state index in [-0.39, 0.29) is 0 Å². The van der Waals surface area contributed by atoms with Gasteiger partial charge in [-0.3, -0.25) is 0 Å². The van der Waals surface area contributed by atoms with Gasteiger partial charge in [0.25, 0.3) is 0 Å². The van der Waals surface area contributed by atoms with E-state index >= 15 is 0 Å². The van der Waals surface area contributed by atoms with Gasteiger partial charge in [-0.2, -0.15) is 0 Å². The second-order valence-corrected chi connectivity index (χ2v) is 18.6. The third-order valence-electron chi connectivity index (χ3n) is 5.33. The maximum Gasteiger partial charge on any atom is 0.173 e. The average molecular weight is 387 g/mol. The van der Waals surface area contributed by atoms with E-state index in [1.807, 2.05) is 0 Å². The maximum atomic E-state index is 6.90. The summed E-state index contributed by atoms with van der Waals surface area (Å²) in [6.45, 7) is 19.4. The molecule has 0 saturated heterocycles. The molecular weight excluding hydrogens is 336 g/mol. The first kappa shape index (κ1) is 25.4. The molecule has 2 atom stereocenters. The lowest BCUT2D eigenvalue weighted by atomic mass is 10.0. The van der Waals surface area contributed by atoms with Crippen LogP contribution in [0.2, 0.25) is 38.3 Å². The Morgan fingerprint density at radius 1 is 0.600 bits per heavy atom. The largest absolute Gasteiger partial charge is 0.455 e. The molecule has 2 unspecified atom stereocenters. The zero-order valence-electron chi connectivity index (χ0n) is 19.0. The van der Waals surface area contributed by atoms with E-state index in [1.54, 1.807) is 0 Å². The minimum absolute atomic E-state index is 0.842. The van der Waals surface area contributed by atoms with Gasteiger partial charge < -0.3 is 4.12 Å². The van der Waals surface area contributed by atoms with Crippen LogP contribution in [0.5, 0.6) is 0 Å². The molecule has 0 spiro atoms. The Bertz CT molecular complexity index is 285. The molecule has 0 saturated carbocycles. The predicted molar refractivity (Wildman–Crippen MR) is 122 cm³/mol. The molecule has 0 heterocycles. The molecular formula is C22H50OSi2. The van der Waals surface area contributed by atoms with E-state index in [2.05, 4.69) is 53.9 Å². The van der Waals surface area contributed by atoms with E-state index in [0.717, 1.165) is 11.8 Å². The number of unbranched alkanes of at least 4 members (excludes halogenated alkanes) is 6. The van der Waals surface area contributed by atoms with Crippen molar-refractivity contribution in [1.29, 1.82) is 0 Å². The predicted octanol–water partition coefficient (Wildman–Crippen LogP) is 8.63. The van der Waals surface area contributed by atoms with Crippen molar-refractivity contribution in [2.24, 2.45) is 11.8 Å². The summed E-state index contributed by atoms with van der Waals surface area (Å²) in [5.41, 5.74) is 0. The average Bonchev–Trinajstić information content (AvgIpc) is 2.45. The zero-order valence-corrected chi connectivity index (χ0v) is 21.0. The van der Waals surface area contributed by atoms with Gasteiger partial charge in [0, 0.05) is 0 Å². The van der Waals surface area contributed by atoms with Crippen LogP contribution >= 0.6 is 0 Å². The van der Waals surface area contributed by atoms with Crippen LogP contribution in [0, 0.1) is 11.8 Å². The van der Waals surface area contributed by atoms with Gasteiger partial charge >= 0.3 is 0 Å². The summed E-state index contributed by atoms with van der Waals surface area (Å²) in [6, 6.07) is 2.70. The first-order valence-corrected chi connectivity index (χ1v) is 17.5. The van der Waals surface area contributed by atoms with Crippen molar-refractivity contribution in [1.82, 2.24) is 0 Å². The molecule has 0 N–H and O–H groups in total. The minimum atomic E-state index is -1.52.